The van der Waals surface area contributed by atoms with E-state index < -0.39 is 5.41 Å². The molecule has 0 unspecified atom stereocenters. The molecule has 30 heavy (non-hydrogen) atoms. The first-order valence-corrected chi connectivity index (χ1v) is 11.1. The van der Waals surface area contributed by atoms with Crippen molar-refractivity contribution in [2.24, 2.45) is 5.41 Å². The molecule has 0 spiro atoms. The van der Waals surface area contributed by atoms with Gasteiger partial charge in [0.2, 0.25) is 5.91 Å². The molecule has 1 aromatic heterocycles. The normalized spacial score (nSPS) is 20.7. The van der Waals surface area contributed by atoms with E-state index in [0.717, 1.165) is 43.8 Å². The maximum Gasteiger partial charge on any atom is 0.289 e. The van der Waals surface area contributed by atoms with Gasteiger partial charge < -0.3 is 14.6 Å². The zero-order valence-corrected chi connectivity index (χ0v) is 17.3. The third-order valence-electron chi connectivity index (χ3n) is 6.50. The molecule has 3 heterocycles. The highest BCUT2D eigenvalue weighted by atomic mass is 16.4. The lowest BCUT2D eigenvalue weighted by molar-refractivity contribution is -0.139. The third-order valence-corrected chi connectivity index (χ3v) is 6.50. The van der Waals surface area contributed by atoms with Crippen LogP contribution in [0.5, 0.6) is 0 Å². The molecule has 3 fully saturated rings. The van der Waals surface area contributed by atoms with Crippen molar-refractivity contribution in [1.29, 1.82) is 0 Å². The lowest BCUT2D eigenvalue weighted by Gasteiger charge is -2.48. The van der Waals surface area contributed by atoms with Crippen LogP contribution in [-0.2, 0) is 17.8 Å². The van der Waals surface area contributed by atoms with Gasteiger partial charge in [-0.15, -0.1) is 0 Å². The molecule has 1 aliphatic carbocycles. The number of benzene rings is 1. The number of nitrogens with one attached hydrogen (secondary N) is 1. The van der Waals surface area contributed by atoms with E-state index in [1.807, 2.05) is 36.4 Å². The highest BCUT2D eigenvalue weighted by Crippen LogP contribution is 2.37. The summed E-state index contributed by atoms with van der Waals surface area (Å²) in [4.78, 5) is 30.1. The van der Waals surface area contributed by atoms with Crippen LogP contribution in [0, 0.1) is 5.41 Å². The summed E-state index contributed by atoms with van der Waals surface area (Å²) in [6, 6.07) is 14.1. The predicted molar refractivity (Wildman–Crippen MR) is 113 cm³/mol. The average Bonchev–Trinajstić information content (AvgIpc) is 3.18. The van der Waals surface area contributed by atoms with Crippen molar-refractivity contribution in [2.75, 3.05) is 26.2 Å². The van der Waals surface area contributed by atoms with E-state index in [-0.39, 0.29) is 11.8 Å². The fourth-order valence-electron chi connectivity index (χ4n) is 4.61. The van der Waals surface area contributed by atoms with Crippen LogP contribution in [0.4, 0.5) is 0 Å². The molecular weight excluding hydrogens is 378 g/mol. The number of rotatable bonds is 7. The van der Waals surface area contributed by atoms with Gasteiger partial charge in [-0.1, -0.05) is 30.3 Å². The van der Waals surface area contributed by atoms with Crippen LogP contribution in [0.15, 0.2) is 46.9 Å². The molecule has 2 aromatic rings. The van der Waals surface area contributed by atoms with E-state index in [9.17, 15) is 9.59 Å². The Hall–Kier alpha value is -2.60. The summed E-state index contributed by atoms with van der Waals surface area (Å²) >= 11 is 0. The van der Waals surface area contributed by atoms with Crippen LogP contribution in [-0.4, -0.2) is 53.8 Å². The second kappa shape index (κ2) is 7.91. The fourth-order valence-corrected chi connectivity index (χ4v) is 4.61. The number of amides is 2. The Morgan fingerprint density at radius 2 is 1.77 bits per heavy atom. The summed E-state index contributed by atoms with van der Waals surface area (Å²) in [6.07, 6.45) is 5.22. The van der Waals surface area contributed by atoms with Crippen LogP contribution in [0.1, 0.15) is 47.6 Å². The Bertz CT molecular complexity index is 907. The van der Waals surface area contributed by atoms with Crippen molar-refractivity contribution in [3.05, 3.63) is 59.5 Å². The summed E-state index contributed by atoms with van der Waals surface area (Å²) in [5.74, 6) is 1.17. The zero-order chi connectivity index (χ0) is 20.6. The number of carbonyl (C=O) groups excluding carboxylic acids is 2. The number of likely N-dealkylation sites (tertiary alicyclic amines) is 2. The summed E-state index contributed by atoms with van der Waals surface area (Å²) in [5.41, 5.74) is 0.575. The van der Waals surface area contributed by atoms with E-state index in [1.54, 1.807) is 11.0 Å². The third kappa shape index (κ3) is 4.01. The van der Waals surface area contributed by atoms with Crippen LogP contribution in [0.25, 0.3) is 0 Å². The molecule has 0 atom stereocenters. The first-order valence-electron chi connectivity index (χ1n) is 11.1. The van der Waals surface area contributed by atoms with E-state index in [4.69, 9.17) is 4.42 Å². The van der Waals surface area contributed by atoms with E-state index in [2.05, 4.69) is 10.2 Å². The van der Waals surface area contributed by atoms with Crippen molar-refractivity contribution in [1.82, 2.24) is 15.1 Å². The molecule has 3 aliphatic rings. The Labute approximate surface area is 177 Å². The average molecular weight is 408 g/mol. The first kappa shape index (κ1) is 19.4. The maximum absolute atomic E-state index is 13.0. The van der Waals surface area contributed by atoms with Gasteiger partial charge in [0.25, 0.3) is 5.91 Å². The monoisotopic (exact) mass is 407 g/mol. The summed E-state index contributed by atoms with van der Waals surface area (Å²) in [5, 5.41) is 3.15. The predicted octanol–water partition coefficient (Wildman–Crippen LogP) is 2.84. The van der Waals surface area contributed by atoms with Crippen LogP contribution in [0.2, 0.25) is 0 Å². The molecule has 0 radical (unpaired) electrons. The number of hydrogen-bond acceptors (Lipinski definition) is 4. The van der Waals surface area contributed by atoms with Crippen LogP contribution in [0.3, 0.4) is 0 Å². The molecule has 1 aromatic carbocycles. The fraction of sp³-hybridized carbons (Fsp3) is 0.500. The Kier molecular flexibility index (Phi) is 5.11. The van der Waals surface area contributed by atoms with Gasteiger partial charge in [-0.2, -0.15) is 0 Å². The highest BCUT2D eigenvalue weighted by Gasteiger charge is 2.52. The Morgan fingerprint density at radius 3 is 2.47 bits per heavy atom. The quantitative estimate of drug-likeness (QED) is 0.767. The molecule has 2 saturated heterocycles. The molecule has 5 rings (SSSR count). The topological polar surface area (TPSA) is 65.8 Å². The van der Waals surface area contributed by atoms with Gasteiger partial charge in [0.05, 0.1) is 12.0 Å². The second-order valence-electron chi connectivity index (χ2n) is 9.10. The van der Waals surface area contributed by atoms with Gasteiger partial charge in [0.1, 0.15) is 5.76 Å². The minimum absolute atomic E-state index is 0.0760. The van der Waals surface area contributed by atoms with Gasteiger partial charge in [-0.25, -0.2) is 0 Å². The standard InChI is InChI=1S/C24H29N3O3/c28-22(21-11-10-20(30-21)15-26-12-4-5-13-26)27-16-24(17-27,23(29)25-19-8-9-19)14-18-6-2-1-3-7-18/h1-3,6-7,10-11,19H,4-5,8-9,12-17H2,(H,25,29). The van der Waals surface area contributed by atoms with Crippen molar-refractivity contribution < 1.29 is 14.0 Å². The lowest BCUT2D eigenvalue weighted by Crippen LogP contribution is -2.65. The first-order chi connectivity index (χ1) is 14.6. The minimum Gasteiger partial charge on any atom is -0.455 e. The molecule has 6 nitrogen and oxygen atoms in total. The number of hydrogen-bond donors (Lipinski definition) is 1. The SMILES string of the molecule is O=C(c1ccc(CN2CCCC2)o1)N1CC(Cc2ccccc2)(C(=O)NC2CC2)C1. The summed E-state index contributed by atoms with van der Waals surface area (Å²) in [7, 11) is 0. The molecule has 158 valence electrons. The summed E-state index contributed by atoms with van der Waals surface area (Å²) < 4.78 is 5.85. The summed E-state index contributed by atoms with van der Waals surface area (Å²) in [6.45, 7) is 3.81. The van der Waals surface area contributed by atoms with Crippen LogP contribution >= 0.6 is 0 Å². The highest BCUT2D eigenvalue weighted by molar-refractivity contribution is 5.95. The molecule has 1 N–H and O–H groups in total. The number of carbonyl (C=O) groups is 2. The van der Waals surface area contributed by atoms with Gasteiger partial charge in [0, 0.05) is 19.1 Å². The van der Waals surface area contributed by atoms with Crippen molar-refractivity contribution >= 4 is 11.8 Å². The largest absolute Gasteiger partial charge is 0.455 e. The zero-order valence-electron chi connectivity index (χ0n) is 17.3. The molecule has 6 heteroatoms. The number of nitrogens with zero attached hydrogens (tertiary/aromatic N) is 2. The second-order valence-corrected chi connectivity index (χ2v) is 9.10. The molecule has 1 saturated carbocycles. The Balaban J connectivity index is 1.25. The molecular formula is C24H29N3O3. The van der Waals surface area contributed by atoms with Crippen molar-refractivity contribution in [2.45, 2.75) is 44.7 Å². The van der Waals surface area contributed by atoms with E-state index in [1.165, 1.54) is 12.8 Å². The van der Waals surface area contributed by atoms with E-state index >= 15 is 0 Å². The molecule has 2 aliphatic heterocycles. The molecule has 2 amide bonds. The van der Waals surface area contributed by atoms with E-state index in [0.29, 0.717) is 31.3 Å². The molecule has 0 bridgehead atoms. The van der Waals surface area contributed by atoms with Gasteiger partial charge in [-0.3, -0.25) is 14.5 Å². The Morgan fingerprint density at radius 1 is 1.03 bits per heavy atom. The van der Waals surface area contributed by atoms with Gasteiger partial charge >= 0.3 is 0 Å². The maximum atomic E-state index is 13.0. The lowest BCUT2D eigenvalue weighted by atomic mass is 9.73. The smallest absolute Gasteiger partial charge is 0.289 e. The number of furan rings is 1. The minimum atomic E-state index is -0.551. The van der Waals surface area contributed by atoms with Crippen molar-refractivity contribution in [3.63, 3.8) is 0 Å². The van der Waals surface area contributed by atoms with Gasteiger partial charge in [-0.05, 0) is 62.9 Å². The van der Waals surface area contributed by atoms with Crippen LogP contribution < -0.4 is 5.32 Å². The van der Waals surface area contributed by atoms with Gasteiger partial charge in [0.15, 0.2) is 5.76 Å². The van der Waals surface area contributed by atoms with Crippen molar-refractivity contribution in [3.8, 4) is 0 Å².